The first kappa shape index (κ1) is 31.2. The van der Waals surface area contributed by atoms with Gasteiger partial charge in [-0.1, -0.05) is 127 Å². The van der Waals surface area contributed by atoms with Gasteiger partial charge in [0.1, 0.15) is 11.2 Å². The van der Waals surface area contributed by atoms with Crippen LogP contribution < -0.4 is 4.90 Å². The summed E-state index contributed by atoms with van der Waals surface area (Å²) in [5.41, 5.74) is 13.4. The Morgan fingerprint density at radius 3 is 1.69 bits per heavy atom. The zero-order valence-corrected chi connectivity index (χ0v) is 29.9. The van der Waals surface area contributed by atoms with Crippen LogP contribution in [-0.4, -0.2) is 4.57 Å². The lowest BCUT2D eigenvalue weighted by Gasteiger charge is -2.27. The highest BCUT2D eigenvalue weighted by Gasteiger charge is 2.19. The van der Waals surface area contributed by atoms with Crippen molar-refractivity contribution >= 4 is 71.6 Å². The van der Waals surface area contributed by atoms with Crippen LogP contribution in [0.15, 0.2) is 211 Å². The molecule has 0 aliphatic rings. The molecule has 0 spiro atoms. The maximum atomic E-state index is 6.30. The van der Waals surface area contributed by atoms with Gasteiger partial charge in [0.2, 0.25) is 0 Å². The number of benzene rings is 9. The van der Waals surface area contributed by atoms with Crippen LogP contribution in [-0.2, 0) is 0 Å². The van der Waals surface area contributed by atoms with E-state index in [1.165, 1.54) is 49.4 Å². The van der Waals surface area contributed by atoms with Crippen molar-refractivity contribution in [3.63, 3.8) is 0 Å². The van der Waals surface area contributed by atoms with Gasteiger partial charge in [0.25, 0.3) is 0 Å². The van der Waals surface area contributed by atoms with Crippen molar-refractivity contribution in [2.45, 2.75) is 0 Å². The molecule has 11 rings (SSSR count). The van der Waals surface area contributed by atoms with E-state index in [0.29, 0.717) is 0 Å². The first-order chi connectivity index (χ1) is 27.3. The van der Waals surface area contributed by atoms with E-state index in [1.807, 2.05) is 12.1 Å². The zero-order valence-electron chi connectivity index (χ0n) is 29.9. The van der Waals surface area contributed by atoms with Crippen molar-refractivity contribution < 1.29 is 4.42 Å². The fourth-order valence-electron chi connectivity index (χ4n) is 8.43. The molecule has 2 aromatic heterocycles. The van der Waals surface area contributed by atoms with Crippen molar-refractivity contribution in [1.29, 1.82) is 0 Å². The van der Waals surface area contributed by atoms with Crippen LogP contribution in [0.2, 0.25) is 0 Å². The number of para-hydroxylation sites is 3. The third-order valence-electron chi connectivity index (χ3n) is 11.0. The second-order valence-corrected chi connectivity index (χ2v) is 14.1. The van der Waals surface area contributed by atoms with Gasteiger partial charge >= 0.3 is 0 Å². The molecule has 0 N–H and O–H groups in total. The monoisotopic (exact) mass is 702 g/mol. The average molecular weight is 703 g/mol. The minimum absolute atomic E-state index is 0.901. The Hall–Kier alpha value is -7.36. The molecule has 3 nitrogen and oxygen atoms in total. The third kappa shape index (κ3) is 5.13. The molecule has 2 heterocycles. The molecule has 55 heavy (non-hydrogen) atoms. The smallest absolute Gasteiger partial charge is 0.136 e. The number of aromatic nitrogens is 1. The van der Waals surface area contributed by atoms with E-state index in [4.69, 9.17) is 4.42 Å². The second kappa shape index (κ2) is 12.6. The number of anilines is 3. The summed E-state index contributed by atoms with van der Waals surface area (Å²) < 4.78 is 8.66. The molecule has 0 fully saturated rings. The molecule has 0 radical (unpaired) electrons. The summed E-state index contributed by atoms with van der Waals surface area (Å²) in [7, 11) is 0. The summed E-state index contributed by atoms with van der Waals surface area (Å²) in [4.78, 5) is 2.38. The van der Waals surface area contributed by atoms with Crippen LogP contribution in [0, 0.1) is 0 Å². The van der Waals surface area contributed by atoms with Gasteiger partial charge in [-0.15, -0.1) is 0 Å². The standard InChI is InChI=1S/C52H34N2O/c1-3-12-35(13-4-1)36-22-27-40(28-23-36)53(47-20-11-18-44-43(47)31-33-51-52(44)45-17-8-10-21-50(45)55-51)41-29-24-37(25-30-41)38-26-32-49-46(34-38)42-16-7-9-19-48(42)54(49)39-14-5-2-6-15-39/h1-34H. The van der Waals surface area contributed by atoms with Crippen molar-refractivity contribution in [2.24, 2.45) is 0 Å². The maximum Gasteiger partial charge on any atom is 0.136 e. The van der Waals surface area contributed by atoms with Crippen LogP contribution >= 0.6 is 0 Å². The Kier molecular flexibility index (Phi) is 7.17. The molecule has 0 atom stereocenters. The lowest BCUT2D eigenvalue weighted by atomic mass is 10.00. The van der Waals surface area contributed by atoms with Crippen molar-refractivity contribution in [1.82, 2.24) is 4.57 Å². The van der Waals surface area contributed by atoms with Gasteiger partial charge in [-0.2, -0.15) is 0 Å². The second-order valence-electron chi connectivity index (χ2n) is 14.1. The van der Waals surface area contributed by atoms with Crippen LogP contribution in [0.4, 0.5) is 17.1 Å². The summed E-state index contributed by atoms with van der Waals surface area (Å²) in [6.07, 6.45) is 0. The SMILES string of the molecule is c1ccc(-c2ccc(N(c3ccc(-c4ccc5c(c4)c4ccccc4n5-c4ccccc4)cc3)c3cccc4c3ccc3oc5ccccc5c34)cc2)cc1. The first-order valence-corrected chi connectivity index (χ1v) is 18.8. The van der Waals surface area contributed by atoms with E-state index in [9.17, 15) is 0 Å². The molecule has 258 valence electrons. The molecule has 0 bridgehead atoms. The molecule has 0 aliphatic heterocycles. The number of furan rings is 1. The van der Waals surface area contributed by atoms with Gasteiger partial charge in [0.15, 0.2) is 0 Å². The van der Waals surface area contributed by atoms with Crippen molar-refractivity contribution in [2.75, 3.05) is 4.90 Å². The molecule has 0 saturated heterocycles. The number of hydrogen-bond acceptors (Lipinski definition) is 2. The third-order valence-corrected chi connectivity index (χ3v) is 11.0. The summed E-state index contributed by atoms with van der Waals surface area (Å²) in [5.74, 6) is 0. The van der Waals surface area contributed by atoms with Gasteiger partial charge in [0, 0.05) is 44.0 Å². The van der Waals surface area contributed by atoms with Crippen LogP contribution in [0.1, 0.15) is 0 Å². The van der Waals surface area contributed by atoms with Crippen molar-refractivity contribution in [3.8, 4) is 27.9 Å². The lowest BCUT2D eigenvalue weighted by Crippen LogP contribution is -2.10. The lowest BCUT2D eigenvalue weighted by molar-refractivity contribution is 0.669. The topological polar surface area (TPSA) is 21.3 Å². The fraction of sp³-hybridized carbons (Fsp3) is 0. The van der Waals surface area contributed by atoms with Gasteiger partial charge < -0.3 is 13.9 Å². The Labute approximate surface area is 318 Å². The zero-order chi connectivity index (χ0) is 36.3. The highest BCUT2D eigenvalue weighted by Crippen LogP contribution is 2.44. The fourth-order valence-corrected chi connectivity index (χ4v) is 8.43. The van der Waals surface area contributed by atoms with Gasteiger partial charge in [-0.25, -0.2) is 0 Å². The molecule has 0 amide bonds. The van der Waals surface area contributed by atoms with Crippen LogP contribution in [0.5, 0.6) is 0 Å². The minimum Gasteiger partial charge on any atom is -0.456 e. The highest BCUT2D eigenvalue weighted by molar-refractivity contribution is 6.21. The highest BCUT2D eigenvalue weighted by atomic mass is 16.3. The normalized spacial score (nSPS) is 11.6. The molecular weight excluding hydrogens is 669 g/mol. The Bertz CT molecular complexity index is 3180. The van der Waals surface area contributed by atoms with E-state index >= 15 is 0 Å². The van der Waals surface area contributed by atoms with Gasteiger partial charge in [0.05, 0.1) is 16.7 Å². The van der Waals surface area contributed by atoms with E-state index in [2.05, 4.69) is 204 Å². The van der Waals surface area contributed by atoms with Crippen molar-refractivity contribution in [3.05, 3.63) is 206 Å². The molecule has 3 heteroatoms. The molecule has 0 saturated carbocycles. The summed E-state index contributed by atoms with van der Waals surface area (Å²) in [6.45, 7) is 0. The quantitative estimate of drug-likeness (QED) is 0.172. The number of hydrogen-bond donors (Lipinski definition) is 0. The molecule has 9 aromatic carbocycles. The first-order valence-electron chi connectivity index (χ1n) is 18.8. The number of rotatable bonds is 6. The summed E-state index contributed by atoms with van der Waals surface area (Å²) in [5, 5.41) is 7.11. The molecular formula is C52H34N2O. The van der Waals surface area contributed by atoms with E-state index in [-0.39, 0.29) is 0 Å². The Morgan fingerprint density at radius 1 is 0.345 bits per heavy atom. The van der Waals surface area contributed by atoms with Crippen LogP contribution in [0.25, 0.3) is 82.5 Å². The van der Waals surface area contributed by atoms with E-state index in [0.717, 1.165) is 50.1 Å². The number of fused-ring (bicyclic) bond motifs is 8. The molecule has 0 aliphatic carbocycles. The molecule has 0 unspecified atom stereocenters. The predicted octanol–water partition coefficient (Wildman–Crippen LogP) is 14.6. The predicted molar refractivity (Wildman–Crippen MR) is 231 cm³/mol. The van der Waals surface area contributed by atoms with Gasteiger partial charge in [-0.05, 0) is 107 Å². The largest absolute Gasteiger partial charge is 0.456 e. The summed E-state index contributed by atoms with van der Waals surface area (Å²) >= 11 is 0. The maximum absolute atomic E-state index is 6.30. The summed E-state index contributed by atoms with van der Waals surface area (Å²) in [6, 6.07) is 73.9. The van der Waals surface area contributed by atoms with E-state index < -0.39 is 0 Å². The van der Waals surface area contributed by atoms with Crippen LogP contribution in [0.3, 0.4) is 0 Å². The Morgan fingerprint density at radius 2 is 0.927 bits per heavy atom. The average Bonchev–Trinajstić information content (AvgIpc) is 3.81. The number of nitrogens with zero attached hydrogens (tertiary/aromatic N) is 2. The van der Waals surface area contributed by atoms with Gasteiger partial charge in [-0.3, -0.25) is 0 Å². The Balaban J connectivity index is 1.05. The molecule has 11 aromatic rings. The van der Waals surface area contributed by atoms with E-state index in [1.54, 1.807) is 0 Å². The minimum atomic E-state index is 0.901.